The van der Waals surface area contributed by atoms with Crippen molar-refractivity contribution < 1.29 is 8.98 Å². The van der Waals surface area contributed by atoms with E-state index in [-0.39, 0.29) is 0 Å². The minimum absolute atomic E-state index is 0.934. The number of nitrogens with zero attached hydrogens (tertiary/aromatic N) is 1. The summed E-state index contributed by atoms with van der Waals surface area (Å²) >= 11 is 0. The van der Waals surface area contributed by atoms with E-state index < -0.39 is 0 Å². The number of hydrogen-bond donors (Lipinski definition) is 0. The fourth-order valence-electron chi connectivity index (χ4n) is 4.45. The summed E-state index contributed by atoms with van der Waals surface area (Å²) in [5.74, 6) is 0. The molecule has 6 aromatic rings. The molecule has 0 spiro atoms. The summed E-state index contributed by atoms with van der Waals surface area (Å²) in [6.07, 6.45) is 2.19. The highest BCUT2D eigenvalue weighted by molar-refractivity contribution is 6.11. The van der Waals surface area contributed by atoms with Crippen LogP contribution >= 0.6 is 0 Å². The van der Waals surface area contributed by atoms with Crippen LogP contribution in [0.2, 0.25) is 0 Å². The van der Waals surface area contributed by atoms with Gasteiger partial charge in [-0.05, 0) is 59.0 Å². The Kier molecular flexibility index (Phi) is 3.33. The van der Waals surface area contributed by atoms with Gasteiger partial charge in [0.15, 0.2) is 6.20 Å². The highest BCUT2D eigenvalue weighted by atomic mass is 16.3. The van der Waals surface area contributed by atoms with Crippen LogP contribution in [0.1, 0.15) is 5.56 Å². The number of furan rings is 1. The van der Waals surface area contributed by atoms with Gasteiger partial charge in [0.2, 0.25) is 5.69 Å². The summed E-state index contributed by atoms with van der Waals surface area (Å²) in [5, 5.41) is 7.29. The standard InChI is InChI=1S/C27H20NO/c1-17-11-23-24-12-18-7-3-4-9-20(18)14-26(24)29-27(23)15-22(17)25-13-19-8-5-6-10-21(19)16-28(25)2/h3-16H,1-2H3/q+1. The molecule has 0 saturated carbocycles. The van der Waals surface area contributed by atoms with Crippen LogP contribution in [0.3, 0.4) is 0 Å². The molecule has 138 valence electrons. The SMILES string of the molecule is Cc1cc2c(cc1-c1cc3ccccc3c[n+]1C)oc1cc3ccccc3cc12. The van der Waals surface area contributed by atoms with Crippen LogP contribution in [0.4, 0.5) is 0 Å². The molecule has 2 nitrogen and oxygen atoms in total. The van der Waals surface area contributed by atoms with Crippen molar-refractivity contribution in [3.05, 3.63) is 90.6 Å². The Morgan fingerprint density at radius 3 is 2.00 bits per heavy atom. The first kappa shape index (κ1) is 16.3. The van der Waals surface area contributed by atoms with E-state index in [0.29, 0.717) is 0 Å². The van der Waals surface area contributed by atoms with Crippen molar-refractivity contribution in [1.82, 2.24) is 0 Å². The zero-order valence-electron chi connectivity index (χ0n) is 16.4. The molecule has 0 radical (unpaired) electrons. The second-order valence-corrected chi connectivity index (χ2v) is 7.86. The lowest BCUT2D eigenvalue weighted by Gasteiger charge is -2.06. The lowest BCUT2D eigenvalue weighted by Crippen LogP contribution is -2.30. The van der Waals surface area contributed by atoms with Crippen LogP contribution in [-0.2, 0) is 7.05 Å². The van der Waals surface area contributed by atoms with Gasteiger partial charge in [-0.1, -0.05) is 42.5 Å². The van der Waals surface area contributed by atoms with Gasteiger partial charge >= 0.3 is 0 Å². The van der Waals surface area contributed by atoms with E-state index in [4.69, 9.17) is 4.42 Å². The Balaban J connectivity index is 1.64. The van der Waals surface area contributed by atoms with Gasteiger partial charge in [-0.25, -0.2) is 4.57 Å². The lowest BCUT2D eigenvalue weighted by atomic mass is 9.99. The van der Waals surface area contributed by atoms with Gasteiger partial charge in [0.25, 0.3) is 0 Å². The third kappa shape index (κ3) is 2.46. The maximum absolute atomic E-state index is 6.30. The Bertz CT molecular complexity index is 1570. The van der Waals surface area contributed by atoms with Crippen molar-refractivity contribution >= 4 is 43.5 Å². The topological polar surface area (TPSA) is 17.0 Å². The number of rotatable bonds is 1. The minimum Gasteiger partial charge on any atom is -0.456 e. The monoisotopic (exact) mass is 374 g/mol. The number of hydrogen-bond acceptors (Lipinski definition) is 1. The number of benzene rings is 4. The predicted octanol–water partition coefficient (Wildman–Crippen LogP) is 6.69. The van der Waals surface area contributed by atoms with Gasteiger partial charge in [0.1, 0.15) is 18.2 Å². The molecule has 6 rings (SSSR count). The van der Waals surface area contributed by atoms with Crippen LogP contribution < -0.4 is 4.57 Å². The first-order valence-corrected chi connectivity index (χ1v) is 9.92. The highest BCUT2D eigenvalue weighted by Gasteiger charge is 2.17. The number of fused-ring (bicyclic) bond motifs is 5. The van der Waals surface area contributed by atoms with Crippen LogP contribution in [0.25, 0.3) is 54.7 Å². The van der Waals surface area contributed by atoms with E-state index in [2.05, 4.69) is 104 Å². The van der Waals surface area contributed by atoms with Gasteiger partial charge in [-0.3, -0.25) is 0 Å². The fourth-order valence-corrected chi connectivity index (χ4v) is 4.45. The second kappa shape index (κ2) is 5.92. The number of aromatic nitrogens is 1. The van der Waals surface area contributed by atoms with E-state index >= 15 is 0 Å². The molecule has 4 aromatic carbocycles. The van der Waals surface area contributed by atoms with Gasteiger partial charge in [-0.2, -0.15) is 0 Å². The first-order valence-electron chi connectivity index (χ1n) is 9.92. The van der Waals surface area contributed by atoms with Crippen molar-refractivity contribution in [3.63, 3.8) is 0 Å². The molecule has 0 unspecified atom stereocenters. The maximum Gasteiger partial charge on any atom is 0.213 e. The van der Waals surface area contributed by atoms with Crippen LogP contribution in [0, 0.1) is 6.92 Å². The maximum atomic E-state index is 6.30. The van der Waals surface area contributed by atoms with Gasteiger partial charge < -0.3 is 4.42 Å². The van der Waals surface area contributed by atoms with Crippen molar-refractivity contribution in [1.29, 1.82) is 0 Å². The van der Waals surface area contributed by atoms with E-state index in [1.807, 2.05) is 0 Å². The third-order valence-corrected chi connectivity index (χ3v) is 5.96. The molecular formula is C27H20NO+. The molecule has 0 bridgehead atoms. The average molecular weight is 374 g/mol. The third-order valence-electron chi connectivity index (χ3n) is 5.96. The zero-order chi connectivity index (χ0) is 19.5. The largest absolute Gasteiger partial charge is 0.456 e. The molecular weight excluding hydrogens is 354 g/mol. The Morgan fingerprint density at radius 1 is 0.655 bits per heavy atom. The van der Waals surface area contributed by atoms with E-state index in [9.17, 15) is 0 Å². The molecule has 0 fully saturated rings. The van der Waals surface area contributed by atoms with Crippen LogP contribution in [0.5, 0.6) is 0 Å². The van der Waals surface area contributed by atoms with Gasteiger partial charge in [0, 0.05) is 22.2 Å². The molecule has 0 saturated heterocycles. The highest BCUT2D eigenvalue weighted by Crippen LogP contribution is 2.36. The second-order valence-electron chi connectivity index (χ2n) is 7.86. The molecule has 0 amide bonds. The average Bonchev–Trinajstić information content (AvgIpc) is 3.07. The molecule has 2 heterocycles. The summed E-state index contributed by atoms with van der Waals surface area (Å²) in [6.45, 7) is 2.18. The van der Waals surface area contributed by atoms with E-state index in [0.717, 1.165) is 11.2 Å². The predicted molar refractivity (Wildman–Crippen MR) is 120 cm³/mol. The number of aryl methyl sites for hydroxylation is 2. The minimum atomic E-state index is 0.934. The summed E-state index contributed by atoms with van der Waals surface area (Å²) in [7, 11) is 2.11. The summed E-state index contributed by atoms with van der Waals surface area (Å²) in [5.41, 5.74) is 5.52. The first-order chi connectivity index (χ1) is 14.2. The normalized spacial score (nSPS) is 11.8. The van der Waals surface area contributed by atoms with Crippen molar-refractivity contribution in [2.45, 2.75) is 6.92 Å². The molecule has 2 aromatic heterocycles. The Morgan fingerprint density at radius 2 is 1.24 bits per heavy atom. The fraction of sp³-hybridized carbons (Fsp3) is 0.0741. The lowest BCUT2D eigenvalue weighted by molar-refractivity contribution is -0.659. The molecule has 2 heteroatoms. The van der Waals surface area contributed by atoms with Crippen molar-refractivity contribution in [2.75, 3.05) is 0 Å². The van der Waals surface area contributed by atoms with Crippen LogP contribution in [-0.4, -0.2) is 0 Å². The molecule has 0 N–H and O–H groups in total. The quantitative estimate of drug-likeness (QED) is 0.293. The van der Waals surface area contributed by atoms with Crippen LogP contribution in [0.15, 0.2) is 89.5 Å². The smallest absolute Gasteiger partial charge is 0.213 e. The van der Waals surface area contributed by atoms with Gasteiger partial charge in [0.05, 0.1) is 5.56 Å². The summed E-state index contributed by atoms with van der Waals surface area (Å²) < 4.78 is 8.50. The molecule has 29 heavy (non-hydrogen) atoms. The molecule has 0 aliphatic rings. The molecule has 0 aliphatic carbocycles. The Hall–Kier alpha value is -3.65. The summed E-state index contributed by atoms with van der Waals surface area (Å²) in [4.78, 5) is 0. The van der Waals surface area contributed by atoms with Crippen molar-refractivity contribution in [2.24, 2.45) is 7.05 Å². The number of pyridine rings is 1. The zero-order valence-corrected chi connectivity index (χ0v) is 16.4. The molecule has 0 atom stereocenters. The van der Waals surface area contributed by atoms with E-state index in [1.54, 1.807) is 0 Å². The molecule has 0 aliphatic heterocycles. The van der Waals surface area contributed by atoms with Crippen molar-refractivity contribution in [3.8, 4) is 11.3 Å². The van der Waals surface area contributed by atoms with E-state index in [1.165, 1.54) is 49.1 Å². The Labute approximate surface area is 168 Å². The van der Waals surface area contributed by atoms with Gasteiger partial charge in [-0.15, -0.1) is 0 Å². The summed E-state index contributed by atoms with van der Waals surface area (Å²) in [6, 6.07) is 28.0.